The molecule has 2 heterocycles. The monoisotopic (exact) mass is 572 g/mol. The number of carbonyl (C=O) groups excluding carboxylic acids is 3. The fourth-order valence-corrected chi connectivity index (χ4v) is 5.24. The normalized spacial score (nSPS) is 17.6. The average Bonchev–Trinajstić information content (AvgIpc) is 3.27. The summed E-state index contributed by atoms with van der Waals surface area (Å²) in [6.45, 7) is 5.50. The van der Waals surface area contributed by atoms with Gasteiger partial charge in [-0.05, 0) is 66.7 Å². The van der Waals surface area contributed by atoms with Gasteiger partial charge in [0, 0.05) is 62.2 Å². The lowest BCUT2D eigenvalue weighted by Crippen LogP contribution is -2.48. The number of hydrogen-bond acceptors (Lipinski definition) is 6. The second-order valence-electron chi connectivity index (χ2n) is 10.5. The van der Waals surface area contributed by atoms with Crippen LogP contribution in [-0.4, -0.2) is 80.1 Å². The number of piperazine rings is 1. The summed E-state index contributed by atoms with van der Waals surface area (Å²) in [5.74, 6) is -0.984. The molecule has 9 nitrogen and oxygen atoms in total. The molecule has 41 heavy (non-hydrogen) atoms. The molecule has 1 fully saturated rings. The molecule has 1 saturated heterocycles. The highest BCUT2D eigenvalue weighted by Crippen LogP contribution is 2.38. The Bertz CT molecular complexity index is 1480. The molecule has 3 aromatic rings. The molecular weight excluding hydrogens is 540 g/mol. The lowest BCUT2D eigenvalue weighted by atomic mass is 9.90. The quantitative estimate of drug-likeness (QED) is 0.410. The molecule has 1 atom stereocenters. The van der Waals surface area contributed by atoms with E-state index in [2.05, 4.69) is 27.5 Å². The van der Waals surface area contributed by atoms with Gasteiger partial charge in [0.05, 0.1) is 17.9 Å². The number of nitrogens with zero attached hydrogens (tertiary/aromatic N) is 4. The highest BCUT2D eigenvalue weighted by atomic mass is 35.5. The maximum Gasteiger partial charge on any atom is 0.240 e. The van der Waals surface area contributed by atoms with Gasteiger partial charge in [0.1, 0.15) is 5.92 Å². The molecular formula is C31H33ClN6O3. The molecule has 2 N–H and O–H groups in total. The Balaban J connectivity index is 1.42. The van der Waals surface area contributed by atoms with Crippen LogP contribution in [-0.2, 0) is 14.4 Å². The number of amides is 3. The topological polar surface area (TPSA) is 97.3 Å². The minimum Gasteiger partial charge on any atom is -0.326 e. The maximum atomic E-state index is 13.2. The van der Waals surface area contributed by atoms with Crippen molar-refractivity contribution in [1.82, 2.24) is 9.80 Å². The fourth-order valence-electron chi connectivity index (χ4n) is 5.07. The molecule has 0 aliphatic carbocycles. The number of hydrogen-bond donors (Lipinski definition) is 2. The van der Waals surface area contributed by atoms with Crippen molar-refractivity contribution in [2.75, 3.05) is 62.4 Å². The van der Waals surface area contributed by atoms with Crippen molar-refractivity contribution in [2.24, 2.45) is 4.99 Å². The first-order valence-electron chi connectivity index (χ1n) is 13.5. The van der Waals surface area contributed by atoms with Crippen molar-refractivity contribution in [2.45, 2.75) is 12.8 Å². The van der Waals surface area contributed by atoms with E-state index < -0.39 is 5.92 Å². The summed E-state index contributed by atoms with van der Waals surface area (Å²) in [6, 6.07) is 20.0. The summed E-state index contributed by atoms with van der Waals surface area (Å²) in [5.41, 5.74) is 4.81. The Morgan fingerprint density at radius 3 is 2.37 bits per heavy atom. The zero-order chi connectivity index (χ0) is 29.1. The molecule has 0 bridgehead atoms. The number of benzene rings is 3. The lowest BCUT2D eigenvalue weighted by molar-refractivity contribution is -0.120. The molecule has 10 heteroatoms. The molecule has 0 saturated carbocycles. The molecule has 2 aliphatic heterocycles. The number of fused-ring (bicyclic) bond motifs is 1. The molecule has 212 valence electrons. The standard InChI is InChI=1S/C31H33ClN6O3/c1-20(39)33-23-7-4-21(5-8-23)30(29-26-13-6-22(32)18-27(26)35-31(29)41)34-24-9-11-25(12-10-24)37(3)28(40)19-38-16-14-36(2)15-17-38/h4-13,18,29H,14-17,19H2,1-3H3,(H,33,39)(H,35,41). The van der Waals surface area contributed by atoms with Crippen LogP contribution < -0.4 is 15.5 Å². The number of aliphatic imine (C=N–C) groups is 1. The highest BCUT2D eigenvalue weighted by Gasteiger charge is 2.35. The molecule has 0 aromatic heterocycles. The summed E-state index contributed by atoms with van der Waals surface area (Å²) < 4.78 is 0. The molecule has 3 aromatic carbocycles. The average molecular weight is 573 g/mol. The minimum atomic E-state index is -0.651. The molecule has 2 aliphatic rings. The smallest absolute Gasteiger partial charge is 0.240 e. The highest BCUT2D eigenvalue weighted by molar-refractivity contribution is 6.31. The minimum absolute atomic E-state index is 0.0312. The van der Waals surface area contributed by atoms with E-state index in [1.165, 1.54) is 6.92 Å². The SMILES string of the molecule is CC(=O)Nc1ccc(C(=Nc2ccc(N(C)C(=O)CN3CCN(C)CC3)cc2)C2C(=O)Nc3cc(Cl)ccc32)cc1. The third-order valence-corrected chi connectivity index (χ3v) is 7.67. The van der Waals surface area contributed by atoms with Crippen LogP contribution in [0.1, 0.15) is 24.0 Å². The summed E-state index contributed by atoms with van der Waals surface area (Å²) in [7, 11) is 3.87. The maximum absolute atomic E-state index is 13.2. The van der Waals surface area contributed by atoms with Crippen molar-refractivity contribution in [3.05, 3.63) is 82.9 Å². The number of anilines is 3. The van der Waals surface area contributed by atoms with Crippen molar-refractivity contribution in [1.29, 1.82) is 0 Å². The first-order chi connectivity index (χ1) is 19.7. The van der Waals surface area contributed by atoms with Gasteiger partial charge in [-0.1, -0.05) is 29.8 Å². The third-order valence-electron chi connectivity index (χ3n) is 7.44. The summed E-state index contributed by atoms with van der Waals surface area (Å²) in [6.07, 6.45) is 0. The van der Waals surface area contributed by atoms with Crippen LogP contribution in [0.3, 0.4) is 0 Å². The Labute approximate surface area is 244 Å². The fraction of sp³-hybridized carbons (Fsp3) is 0.290. The van der Waals surface area contributed by atoms with Crippen LogP contribution in [0.2, 0.25) is 5.02 Å². The largest absolute Gasteiger partial charge is 0.326 e. The molecule has 0 spiro atoms. The number of carbonyl (C=O) groups is 3. The van der Waals surface area contributed by atoms with E-state index in [0.717, 1.165) is 43.0 Å². The van der Waals surface area contributed by atoms with E-state index in [4.69, 9.17) is 16.6 Å². The zero-order valence-corrected chi connectivity index (χ0v) is 24.1. The Hall–Kier alpha value is -4.05. The predicted octanol–water partition coefficient (Wildman–Crippen LogP) is 4.37. The summed E-state index contributed by atoms with van der Waals surface area (Å²) >= 11 is 6.18. The number of likely N-dealkylation sites (N-methyl/N-ethyl adjacent to an activating group) is 2. The van der Waals surface area contributed by atoms with Crippen LogP contribution >= 0.6 is 11.6 Å². The van der Waals surface area contributed by atoms with Gasteiger partial charge in [0.15, 0.2) is 0 Å². The number of nitrogens with one attached hydrogen (secondary N) is 2. The molecule has 5 rings (SSSR count). The van der Waals surface area contributed by atoms with Gasteiger partial charge < -0.3 is 20.4 Å². The van der Waals surface area contributed by atoms with E-state index in [1.807, 2.05) is 42.5 Å². The van der Waals surface area contributed by atoms with Crippen molar-refractivity contribution >= 4 is 57.8 Å². The van der Waals surface area contributed by atoms with Crippen molar-refractivity contribution < 1.29 is 14.4 Å². The van der Waals surface area contributed by atoms with Crippen molar-refractivity contribution in [3.8, 4) is 0 Å². The van der Waals surface area contributed by atoms with Gasteiger partial charge in [0.25, 0.3) is 0 Å². The Morgan fingerprint density at radius 1 is 1.02 bits per heavy atom. The Kier molecular flexibility index (Phi) is 8.49. The number of halogens is 1. The van der Waals surface area contributed by atoms with E-state index in [1.54, 1.807) is 36.2 Å². The summed E-state index contributed by atoms with van der Waals surface area (Å²) in [5, 5.41) is 6.22. The summed E-state index contributed by atoms with van der Waals surface area (Å²) in [4.78, 5) is 48.7. The zero-order valence-electron chi connectivity index (χ0n) is 23.4. The predicted molar refractivity (Wildman–Crippen MR) is 164 cm³/mol. The van der Waals surface area contributed by atoms with Crippen LogP contribution in [0.5, 0.6) is 0 Å². The van der Waals surface area contributed by atoms with Crippen LogP contribution in [0.4, 0.5) is 22.7 Å². The second kappa shape index (κ2) is 12.2. The van der Waals surface area contributed by atoms with Crippen LogP contribution in [0.25, 0.3) is 0 Å². The van der Waals surface area contributed by atoms with E-state index in [9.17, 15) is 14.4 Å². The van der Waals surface area contributed by atoms with Gasteiger partial charge in [-0.2, -0.15) is 0 Å². The Morgan fingerprint density at radius 2 is 1.71 bits per heavy atom. The van der Waals surface area contributed by atoms with Gasteiger partial charge in [-0.3, -0.25) is 24.3 Å². The van der Waals surface area contributed by atoms with Gasteiger partial charge >= 0.3 is 0 Å². The first-order valence-corrected chi connectivity index (χ1v) is 13.9. The van der Waals surface area contributed by atoms with Crippen LogP contribution in [0.15, 0.2) is 71.7 Å². The third kappa shape index (κ3) is 6.65. The van der Waals surface area contributed by atoms with Crippen molar-refractivity contribution in [3.63, 3.8) is 0 Å². The van der Waals surface area contributed by atoms with E-state index >= 15 is 0 Å². The molecule has 1 unspecified atom stereocenters. The lowest BCUT2D eigenvalue weighted by Gasteiger charge is -2.32. The number of rotatable bonds is 7. The molecule has 3 amide bonds. The van der Waals surface area contributed by atoms with E-state index in [-0.39, 0.29) is 17.7 Å². The van der Waals surface area contributed by atoms with Gasteiger partial charge in [-0.25, -0.2) is 0 Å². The van der Waals surface area contributed by atoms with Crippen LogP contribution in [0, 0.1) is 0 Å². The first kappa shape index (κ1) is 28.5. The van der Waals surface area contributed by atoms with E-state index in [0.29, 0.717) is 34.3 Å². The molecule has 0 radical (unpaired) electrons. The van der Waals surface area contributed by atoms with Gasteiger partial charge in [0.2, 0.25) is 17.7 Å². The van der Waals surface area contributed by atoms with Gasteiger partial charge in [-0.15, -0.1) is 0 Å². The second-order valence-corrected chi connectivity index (χ2v) is 10.9.